The first-order valence-electron chi connectivity index (χ1n) is 8.92. The van der Waals surface area contributed by atoms with Crippen molar-refractivity contribution in [3.63, 3.8) is 0 Å². The van der Waals surface area contributed by atoms with Crippen LogP contribution in [0.2, 0.25) is 0 Å². The Hall–Kier alpha value is -2.61. The zero-order chi connectivity index (χ0) is 20.1. The Morgan fingerprint density at radius 3 is 2.71 bits per heavy atom. The van der Waals surface area contributed by atoms with Gasteiger partial charge in [0.25, 0.3) is 0 Å². The third kappa shape index (κ3) is 5.01. The van der Waals surface area contributed by atoms with Gasteiger partial charge >= 0.3 is 12.1 Å². The average molecular weight is 448 g/mol. The van der Waals surface area contributed by atoms with Gasteiger partial charge in [-0.3, -0.25) is 4.90 Å². The van der Waals surface area contributed by atoms with E-state index in [1.165, 1.54) is 12.0 Å². The molecule has 0 saturated carbocycles. The molecule has 1 N–H and O–H groups in total. The molecule has 0 aliphatic carbocycles. The summed E-state index contributed by atoms with van der Waals surface area (Å²) in [6, 6.07) is 12.4. The molecule has 28 heavy (non-hydrogen) atoms. The lowest BCUT2D eigenvalue weighted by molar-refractivity contribution is -0.145. The van der Waals surface area contributed by atoms with E-state index in [1.807, 2.05) is 49.4 Å². The molecule has 1 aromatic carbocycles. The summed E-state index contributed by atoms with van der Waals surface area (Å²) >= 11 is 3.38. The third-order valence-corrected chi connectivity index (χ3v) is 4.91. The number of anilines is 1. The minimum absolute atomic E-state index is 0.144. The lowest BCUT2D eigenvalue weighted by Crippen LogP contribution is -2.41. The second kappa shape index (κ2) is 9.05. The standard InChI is InChI=1S/C20H22BrN3O4/c1-13-8-17(21)23-18(9-13)22-15-10-16(19(25)27-2)24(11-15)20(26)28-12-14-6-4-3-5-7-14/h3-9,15-16H,10-12H2,1-2H3,(H,22,23)/t15-,16-/m0/s1. The topological polar surface area (TPSA) is 80.8 Å². The SMILES string of the molecule is COC(=O)[C@@H]1C[C@H](Nc2cc(C)cc(Br)n2)CN1C(=O)OCc1ccccc1. The van der Waals surface area contributed by atoms with Crippen LogP contribution in [0.25, 0.3) is 0 Å². The molecule has 148 valence electrons. The molecular formula is C20H22BrN3O4. The fourth-order valence-electron chi connectivity index (χ4n) is 3.21. The number of benzene rings is 1. The van der Waals surface area contributed by atoms with Gasteiger partial charge in [-0.2, -0.15) is 0 Å². The second-order valence-corrected chi connectivity index (χ2v) is 7.47. The maximum Gasteiger partial charge on any atom is 0.410 e. The van der Waals surface area contributed by atoms with E-state index in [1.54, 1.807) is 0 Å². The molecule has 1 aromatic heterocycles. The van der Waals surface area contributed by atoms with Gasteiger partial charge in [0.2, 0.25) is 0 Å². The van der Waals surface area contributed by atoms with Gasteiger partial charge in [0.15, 0.2) is 0 Å². The predicted molar refractivity (Wildman–Crippen MR) is 108 cm³/mol. The van der Waals surface area contributed by atoms with Crippen LogP contribution in [0, 0.1) is 6.92 Å². The number of esters is 1. The molecule has 2 aromatic rings. The highest BCUT2D eigenvalue weighted by molar-refractivity contribution is 9.10. The monoisotopic (exact) mass is 447 g/mol. The molecule has 0 spiro atoms. The number of nitrogens with one attached hydrogen (secondary N) is 1. The van der Waals surface area contributed by atoms with E-state index in [2.05, 4.69) is 26.2 Å². The minimum atomic E-state index is -0.695. The van der Waals surface area contributed by atoms with E-state index < -0.39 is 18.1 Å². The summed E-state index contributed by atoms with van der Waals surface area (Å²) in [6.45, 7) is 2.44. The van der Waals surface area contributed by atoms with Crippen molar-refractivity contribution in [3.05, 3.63) is 58.2 Å². The van der Waals surface area contributed by atoms with Crippen molar-refractivity contribution in [2.75, 3.05) is 19.0 Å². The number of ether oxygens (including phenoxy) is 2. The third-order valence-electron chi connectivity index (χ3n) is 4.50. The number of amides is 1. The molecule has 1 fully saturated rings. The van der Waals surface area contributed by atoms with Gasteiger partial charge in [-0.05, 0) is 46.1 Å². The average Bonchev–Trinajstić information content (AvgIpc) is 3.09. The molecule has 2 heterocycles. The molecule has 8 heteroatoms. The van der Waals surface area contributed by atoms with Crippen LogP contribution < -0.4 is 5.32 Å². The number of aromatic nitrogens is 1. The van der Waals surface area contributed by atoms with Crippen molar-refractivity contribution in [3.8, 4) is 0 Å². The Labute approximate surface area is 172 Å². The molecule has 0 unspecified atom stereocenters. The minimum Gasteiger partial charge on any atom is -0.467 e. The summed E-state index contributed by atoms with van der Waals surface area (Å²) in [5.74, 6) is 0.222. The highest BCUT2D eigenvalue weighted by Gasteiger charge is 2.41. The zero-order valence-electron chi connectivity index (χ0n) is 15.7. The lowest BCUT2D eigenvalue weighted by Gasteiger charge is -2.21. The number of hydrogen-bond donors (Lipinski definition) is 1. The van der Waals surface area contributed by atoms with Crippen molar-refractivity contribution < 1.29 is 19.1 Å². The molecule has 2 atom stereocenters. The van der Waals surface area contributed by atoms with Crippen LogP contribution in [0.15, 0.2) is 47.1 Å². The first kappa shape index (κ1) is 20.1. The molecular weight excluding hydrogens is 426 g/mol. The summed E-state index contributed by atoms with van der Waals surface area (Å²) in [5.41, 5.74) is 1.93. The maximum atomic E-state index is 12.6. The van der Waals surface area contributed by atoms with Gasteiger partial charge in [0.05, 0.1) is 7.11 Å². The molecule has 7 nitrogen and oxygen atoms in total. The molecule has 0 bridgehead atoms. The summed E-state index contributed by atoms with van der Waals surface area (Å²) in [6.07, 6.45) is -0.123. The van der Waals surface area contributed by atoms with Crippen LogP contribution in [0.5, 0.6) is 0 Å². The number of likely N-dealkylation sites (tertiary alicyclic amines) is 1. The fraction of sp³-hybridized carbons (Fsp3) is 0.350. The summed E-state index contributed by atoms with van der Waals surface area (Å²) in [7, 11) is 1.32. The van der Waals surface area contributed by atoms with Gasteiger partial charge < -0.3 is 14.8 Å². The molecule has 1 amide bonds. The highest BCUT2D eigenvalue weighted by atomic mass is 79.9. The highest BCUT2D eigenvalue weighted by Crippen LogP contribution is 2.24. The van der Waals surface area contributed by atoms with Crippen LogP contribution in [0.3, 0.4) is 0 Å². The number of carbonyl (C=O) groups excluding carboxylic acids is 2. The first-order valence-corrected chi connectivity index (χ1v) is 9.71. The maximum absolute atomic E-state index is 12.6. The number of pyridine rings is 1. The quantitative estimate of drug-likeness (QED) is 0.557. The summed E-state index contributed by atoms with van der Waals surface area (Å²) in [4.78, 5) is 30.6. The van der Waals surface area contributed by atoms with Gasteiger partial charge in [-0.15, -0.1) is 0 Å². The van der Waals surface area contributed by atoms with Gasteiger partial charge in [0.1, 0.15) is 23.1 Å². The molecule has 0 radical (unpaired) electrons. The second-order valence-electron chi connectivity index (χ2n) is 6.66. The number of methoxy groups -OCH3 is 1. The predicted octanol–water partition coefficient (Wildman–Crippen LogP) is 3.52. The largest absolute Gasteiger partial charge is 0.467 e. The normalized spacial score (nSPS) is 18.6. The molecule has 3 rings (SSSR count). The number of rotatable bonds is 5. The van der Waals surface area contributed by atoms with E-state index in [4.69, 9.17) is 9.47 Å². The van der Waals surface area contributed by atoms with Gasteiger partial charge in [-0.1, -0.05) is 30.3 Å². The van der Waals surface area contributed by atoms with Crippen LogP contribution in [0.4, 0.5) is 10.6 Å². The van der Waals surface area contributed by atoms with Crippen LogP contribution in [0.1, 0.15) is 17.5 Å². The number of aryl methyl sites for hydroxylation is 1. The van der Waals surface area contributed by atoms with E-state index in [9.17, 15) is 9.59 Å². The van der Waals surface area contributed by atoms with Crippen molar-refractivity contribution in [2.24, 2.45) is 0 Å². The summed E-state index contributed by atoms with van der Waals surface area (Å²) < 4.78 is 11.0. The van der Waals surface area contributed by atoms with Gasteiger partial charge in [0, 0.05) is 19.0 Å². The number of halogens is 1. The molecule has 1 saturated heterocycles. The van der Waals surface area contributed by atoms with E-state index >= 15 is 0 Å². The Bertz CT molecular complexity index is 826. The fourth-order valence-corrected chi connectivity index (χ4v) is 3.76. The Morgan fingerprint density at radius 2 is 2.04 bits per heavy atom. The zero-order valence-corrected chi connectivity index (χ0v) is 17.3. The van der Waals surface area contributed by atoms with E-state index in [-0.39, 0.29) is 12.6 Å². The van der Waals surface area contributed by atoms with Crippen molar-refractivity contribution in [2.45, 2.75) is 32.0 Å². The number of hydrogen-bond acceptors (Lipinski definition) is 6. The Kier molecular flexibility index (Phi) is 6.51. The van der Waals surface area contributed by atoms with Crippen molar-refractivity contribution in [1.29, 1.82) is 0 Å². The van der Waals surface area contributed by atoms with E-state index in [0.29, 0.717) is 18.8 Å². The van der Waals surface area contributed by atoms with E-state index in [0.717, 1.165) is 15.7 Å². The van der Waals surface area contributed by atoms with Gasteiger partial charge in [-0.25, -0.2) is 14.6 Å². The Balaban J connectivity index is 1.67. The molecule has 1 aliphatic rings. The number of nitrogens with zero attached hydrogens (tertiary/aromatic N) is 2. The van der Waals surface area contributed by atoms with Crippen molar-refractivity contribution in [1.82, 2.24) is 9.88 Å². The van der Waals surface area contributed by atoms with Crippen LogP contribution >= 0.6 is 15.9 Å². The Morgan fingerprint density at radius 1 is 1.29 bits per heavy atom. The molecule has 1 aliphatic heterocycles. The first-order chi connectivity index (χ1) is 13.5. The number of carbonyl (C=O) groups is 2. The summed E-state index contributed by atoms with van der Waals surface area (Å²) in [5, 5.41) is 3.29. The smallest absolute Gasteiger partial charge is 0.410 e. The van der Waals surface area contributed by atoms with Crippen LogP contribution in [-0.4, -0.2) is 47.7 Å². The van der Waals surface area contributed by atoms with Crippen LogP contribution in [-0.2, 0) is 20.9 Å². The van der Waals surface area contributed by atoms with Crippen molar-refractivity contribution >= 4 is 33.8 Å². The lowest BCUT2D eigenvalue weighted by atomic mass is 10.1.